The van der Waals surface area contributed by atoms with E-state index in [1.54, 1.807) is 0 Å². The van der Waals surface area contributed by atoms with Gasteiger partial charge in [-0.05, 0) is 11.5 Å². The fourth-order valence-electron chi connectivity index (χ4n) is 3.66. The van der Waals surface area contributed by atoms with Crippen molar-refractivity contribution in [1.82, 2.24) is 26.0 Å². The third kappa shape index (κ3) is 5.31. The van der Waals surface area contributed by atoms with Gasteiger partial charge in [0.1, 0.15) is 6.04 Å². The van der Waals surface area contributed by atoms with Crippen LogP contribution in [0.3, 0.4) is 0 Å². The molecule has 2 aliphatic heterocycles. The van der Waals surface area contributed by atoms with E-state index in [1.165, 1.54) is 0 Å². The molecule has 28 heavy (non-hydrogen) atoms. The number of halogens is 1. The summed E-state index contributed by atoms with van der Waals surface area (Å²) in [6.07, 6.45) is 0. The molecule has 0 saturated carbocycles. The van der Waals surface area contributed by atoms with Crippen LogP contribution in [0.5, 0.6) is 0 Å². The molecule has 3 N–H and O–H groups in total. The van der Waals surface area contributed by atoms with Crippen LogP contribution in [0, 0.1) is 5.92 Å². The van der Waals surface area contributed by atoms with Crippen molar-refractivity contribution < 1.29 is 9.59 Å². The lowest BCUT2D eigenvalue weighted by molar-refractivity contribution is -0.135. The number of piperazine rings is 1. The normalized spacial score (nSPS) is 25.9. The molecule has 3 atom stereocenters. The van der Waals surface area contributed by atoms with Gasteiger partial charge in [0.05, 0.1) is 11.4 Å². The lowest BCUT2D eigenvalue weighted by Gasteiger charge is -2.36. The van der Waals surface area contributed by atoms with Crippen LogP contribution < -0.4 is 16.2 Å². The number of hydrogen-bond acceptors (Lipinski definition) is 5. The van der Waals surface area contributed by atoms with Gasteiger partial charge in [0.2, 0.25) is 11.8 Å². The number of carbonyl (C=O) groups is 2. The number of amides is 2. The van der Waals surface area contributed by atoms with E-state index in [1.807, 2.05) is 35.2 Å². The molecule has 0 spiro atoms. The van der Waals surface area contributed by atoms with Crippen molar-refractivity contribution in [2.75, 3.05) is 32.7 Å². The van der Waals surface area contributed by atoms with E-state index in [0.29, 0.717) is 45.2 Å². The zero-order valence-corrected chi connectivity index (χ0v) is 18.1. The van der Waals surface area contributed by atoms with E-state index in [4.69, 9.17) is 0 Å². The summed E-state index contributed by atoms with van der Waals surface area (Å²) < 4.78 is 0. The number of benzene rings is 1. The second-order valence-electron chi connectivity index (χ2n) is 7.84. The molecule has 3 unspecified atom stereocenters. The molecular formula is C20H30BrN5O2. The third-order valence-electron chi connectivity index (χ3n) is 5.43. The monoisotopic (exact) mass is 451 g/mol. The standard InChI is InChI=1S/C20H30BrN5O2/c1-14(2)18-17(21)19(24-23-18)20(28)26-10-8-25(9-11-26)13-16(27)22-12-15-6-4-3-5-7-15/h3-7,14,17-19,23-24H,8-13H2,1-2H3,(H,22,27). The highest BCUT2D eigenvalue weighted by atomic mass is 79.9. The molecule has 0 aliphatic carbocycles. The summed E-state index contributed by atoms with van der Waals surface area (Å²) in [4.78, 5) is 29.1. The first-order valence-electron chi connectivity index (χ1n) is 9.92. The largest absolute Gasteiger partial charge is 0.351 e. The van der Waals surface area contributed by atoms with Crippen LogP contribution >= 0.6 is 15.9 Å². The number of carbonyl (C=O) groups excluding carboxylic acids is 2. The second kappa shape index (κ2) is 9.82. The molecule has 0 radical (unpaired) electrons. The van der Waals surface area contributed by atoms with Crippen molar-refractivity contribution in [2.24, 2.45) is 5.92 Å². The third-order valence-corrected chi connectivity index (χ3v) is 6.53. The number of alkyl halides is 1. The minimum atomic E-state index is -0.256. The number of nitrogens with one attached hydrogen (secondary N) is 3. The molecule has 8 heteroatoms. The van der Waals surface area contributed by atoms with Gasteiger partial charge in [-0.25, -0.2) is 5.43 Å². The van der Waals surface area contributed by atoms with Gasteiger partial charge in [-0.15, -0.1) is 0 Å². The number of hydrogen-bond donors (Lipinski definition) is 3. The molecule has 1 aromatic rings. The molecule has 2 amide bonds. The summed E-state index contributed by atoms with van der Waals surface area (Å²) in [6.45, 7) is 7.92. The predicted molar refractivity (Wildman–Crippen MR) is 113 cm³/mol. The Morgan fingerprint density at radius 2 is 1.82 bits per heavy atom. The van der Waals surface area contributed by atoms with Crippen LogP contribution in [0.15, 0.2) is 30.3 Å². The van der Waals surface area contributed by atoms with E-state index in [0.717, 1.165) is 5.56 Å². The topological polar surface area (TPSA) is 76.7 Å². The molecule has 2 aliphatic rings. The molecule has 1 aromatic carbocycles. The van der Waals surface area contributed by atoms with Gasteiger partial charge < -0.3 is 10.2 Å². The van der Waals surface area contributed by atoms with Gasteiger partial charge in [0.15, 0.2) is 0 Å². The number of nitrogens with zero attached hydrogens (tertiary/aromatic N) is 2. The SMILES string of the molecule is CC(C)C1NNC(C(=O)N2CCN(CC(=O)NCc3ccccc3)CC2)C1Br. The van der Waals surface area contributed by atoms with E-state index < -0.39 is 0 Å². The average molecular weight is 452 g/mol. The summed E-state index contributed by atoms with van der Waals surface area (Å²) in [7, 11) is 0. The van der Waals surface area contributed by atoms with Crippen LogP contribution in [-0.2, 0) is 16.1 Å². The first-order chi connectivity index (χ1) is 13.5. The minimum Gasteiger partial charge on any atom is -0.351 e. The van der Waals surface area contributed by atoms with E-state index in [9.17, 15) is 9.59 Å². The summed E-state index contributed by atoms with van der Waals surface area (Å²) in [5.74, 6) is 0.567. The molecule has 2 heterocycles. The lowest BCUT2D eigenvalue weighted by Crippen LogP contribution is -2.56. The quantitative estimate of drug-likeness (QED) is 0.555. The smallest absolute Gasteiger partial charge is 0.242 e. The van der Waals surface area contributed by atoms with E-state index in [2.05, 4.69) is 50.8 Å². The molecule has 0 bridgehead atoms. The Kier molecular flexibility index (Phi) is 7.45. The maximum Gasteiger partial charge on any atom is 0.242 e. The fourth-order valence-corrected chi connectivity index (χ4v) is 4.76. The molecule has 2 fully saturated rings. The summed E-state index contributed by atoms with van der Waals surface area (Å²) in [5, 5.41) is 2.96. The summed E-state index contributed by atoms with van der Waals surface area (Å²) >= 11 is 3.68. The highest BCUT2D eigenvalue weighted by Crippen LogP contribution is 2.23. The summed E-state index contributed by atoms with van der Waals surface area (Å²) in [5.41, 5.74) is 7.47. The fraction of sp³-hybridized carbons (Fsp3) is 0.600. The maximum absolute atomic E-state index is 12.9. The Morgan fingerprint density at radius 1 is 1.14 bits per heavy atom. The Bertz CT molecular complexity index is 664. The van der Waals surface area contributed by atoms with Gasteiger partial charge in [-0.2, -0.15) is 0 Å². The Balaban J connectivity index is 1.40. The molecule has 3 rings (SSSR count). The highest BCUT2D eigenvalue weighted by Gasteiger charge is 2.41. The molecule has 154 valence electrons. The maximum atomic E-state index is 12.9. The van der Waals surface area contributed by atoms with Crippen molar-refractivity contribution >= 4 is 27.7 Å². The Morgan fingerprint density at radius 3 is 2.43 bits per heavy atom. The van der Waals surface area contributed by atoms with Crippen molar-refractivity contribution in [2.45, 2.75) is 37.3 Å². The highest BCUT2D eigenvalue weighted by molar-refractivity contribution is 9.09. The zero-order valence-electron chi connectivity index (χ0n) is 16.5. The number of hydrazine groups is 1. The average Bonchev–Trinajstić information content (AvgIpc) is 3.09. The predicted octanol–water partition coefficient (Wildman–Crippen LogP) is 0.712. The lowest BCUT2D eigenvalue weighted by atomic mass is 9.99. The number of rotatable bonds is 6. The van der Waals surface area contributed by atoms with Gasteiger partial charge in [0, 0.05) is 38.8 Å². The molecule has 7 nitrogen and oxygen atoms in total. The van der Waals surface area contributed by atoms with Crippen molar-refractivity contribution in [1.29, 1.82) is 0 Å². The van der Waals surface area contributed by atoms with Gasteiger partial charge >= 0.3 is 0 Å². The van der Waals surface area contributed by atoms with Crippen LogP contribution in [0.2, 0.25) is 0 Å². The Hall–Kier alpha value is -1.48. The molecule has 0 aromatic heterocycles. The van der Waals surface area contributed by atoms with Crippen LogP contribution in [0.1, 0.15) is 19.4 Å². The van der Waals surface area contributed by atoms with Crippen LogP contribution in [-0.4, -0.2) is 71.2 Å². The van der Waals surface area contributed by atoms with Gasteiger partial charge in [-0.3, -0.25) is 19.9 Å². The van der Waals surface area contributed by atoms with E-state index >= 15 is 0 Å². The Labute approximate surface area is 175 Å². The van der Waals surface area contributed by atoms with Crippen molar-refractivity contribution in [3.8, 4) is 0 Å². The van der Waals surface area contributed by atoms with E-state index in [-0.39, 0.29) is 28.7 Å². The van der Waals surface area contributed by atoms with Crippen molar-refractivity contribution in [3.05, 3.63) is 35.9 Å². The van der Waals surface area contributed by atoms with Gasteiger partial charge in [0.25, 0.3) is 0 Å². The van der Waals surface area contributed by atoms with Gasteiger partial charge in [-0.1, -0.05) is 60.1 Å². The minimum absolute atomic E-state index is 0.0191. The zero-order chi connectivity index (χ0) is 20.1. The van der Waals surface area contributed by atoms with Crippen molar-refractivity contribution in [3.63, 3.8) is 0 Å². The second-order valence-corrected chi connectivity index (χ2v) is 8.90. The first kappa shape index (κ1) is 21.2. The van der Waals surface area contributed by atoms with Crippen LogP contribution in [0.4, 0.5) is 0 Å². The first-order valence-corrected chi connectivity index (χ1v) is 10.8. The van der Waals surface area contributed by atoms with Crippen LogP contribution in [0.25, 0.3) is 0 Å². The molecular weight excluding hydrogens is 422 g/mol. The molecule has 2 saturated heterocycles. The summed E-state index contributed by atoms with van der Waals surface area (Å²) in [6, 6.07) is 9.86.